The number of aliphatic hydroxyl groups is 1. The van der Waals surface area contributed by atoms with E-state index in [1.165, 1.54) is 12.8 Å². The van der Waals surface area contributed by atoms with Crippen molar-refractivity contribution in [3.8, 4) is 0 Å². The molecule has 4 nitrogen and oxygen atoms in total. The molecule has 0 bridgehead atoms. The van der Waals surface area contributed by atoms with Crippen LogP contribution in [-0.2, 0) is 10.0 Å². The minimum absolute atomic E-state index is 0.0287. The van der Waals surface area contributed by atoms with Crippen molar-refractivity contribution in [1.29, 1.82) is 0 Å². The Bertz CT molecular complexity index is 259. The summed E-state index contributed by atoms with van der Waals surface area (Å²) in [6.07, 6.45) is 2.78. The van der Waals surface area contributed by atoms with Gasteiger partial charge in [-0.05, 0) is 31.1 Å². The highest BCUT2D eigenvalue weighted by Crippen LogP contribution is 2.36. The Morgan fingerprint density at radius 2 is 2.14 bits per heavy atom. The molecule has 0 aromatic rings. The molecule has 5 heteroatoms. The van der Waals surface area contributed by atoms with Crippen LogP contribution in [0.4, 0.5) is 0 Å². The van der Waals surface area contributed by atoms with Crippen LogP contribution in [0.25, 0.3) is 0 Å². The third kappa shape index (κ3) is 4.39. The fraction of sp³-hybridized carbons (Fsp3) is 1.00. The summed E-state index contributed by atoms with van der Waals surface area (Å²) in [6.45, 7) is 2.55. The van der Waals surface area contributed by atoms with Gasteiger partial charge in [0.1, 0.15) is 0 Å². The fourth-order valence-corrected chi connectivity index (χ4v) is 2.59. The van der Waals surface area contributed by atoms with Gasteiger partial charge in [0.05, 0.1) is 5.75 Å². The molecule has 0 spiro atoms. The van der Waals surface area contributed by atoms with Crippen LogP contribution in [-0.4, -0.2) is 32.4 Å². The molecule has 1 unspecified atom stereocenters. The van der Waals surface area contributed by atoms with Crippen molar-refractivity contribution in [2.24, 2.45) is 11.8 Å². The minimum Gasteiger partial charge on any atom is -0.396 e. The third-order valence-electron chi connectivity index (χ3n) is 2.62. The number of nitrogens with one attached hydrogen (secondary N) is 1. The van der Waals surface area contributed by atoms with Gasteiger partial charge in [0.2, 0.25) is 10.0 Å². The van der Waals surface area contributed by atoms with Gasteiger partial charge >= 0.3 is 0 Å². The summed E-state index contributed by atoms with van der Waals surface area (Å²) in [7, 11) is -3.15. The van der Waals surface area contributed by atoms with E-state index in [1.807, 2.05) is 0 Å². The smallest absolute Gasteiger partial charge is 0.211 e. The Balaban J connectivity index is 2.20. The standard InChI is InChI=1S/C9H19NO3S/c1-8(9-3-4-9)7-10-14(12,13)6-2-5-11/h8-11H,2-7H2,1H3. The lowest BCUT2D eigenvalue weighted by atomic mass is 10.1. The molecule has 0 amide bonds. The van der Waals surface area contributed by atoms with Gasteiger partial charge in [-0.3, -0.25) is 0 Å². The first-order chi connectivity index (χ1) is 6.55. The first kappa shape index (κ1) is 11.9. The number of sulfonamides is 1. The van der Waals surface area contributed by atoms with Crippen LogP contribution in [0.15, 0.2) is 0 Å². The van der Waals surface area contributed by atoms with Gasteiger partial charge in [-0.1, -0.05) is 6.92 Å². The lowest BCUT2D eigenvalue weighted by molar-refractivity contribution is 0.295. The van der Waals surface area contributed by atoms with E-state index in [0.717, 1.165) is 5.92 Å². The maximum atomic E-state index is 11.3. The van der Waals surface area contributed by atoms with Crippen LogP contribution < -0.4 is 4.72 Å². The molecule has 0 radical (unpaired) electrons. The maximum Gasteiger partial charge on any atom is 0.211 e. The molecule has 0 heterocycles. The fourth-order valence-electron chi connectivity index (χ4n) is 1.42. The Labute approximate surface area is 85.8 Å². The summed E-state index contributed by atoms with van der Waals surface area (Å²) in [6, 6.07) is 0. The first-order valence-corrected chi connectivity index (χ1v) is 6.78. The second kappa shape index (κ2) is 5.09. The summed E-state index contributed by atoms with van der Waals surface area (Å²) >= 11 is 0. The van der Waals surface area contributed by atoms with Gasteiger partial charge in [0.15, 0.2) is 0 Å². The Morgan fingerprint density at radius 1 is 1.50 bits per heavy atom. The van der Waals surface area contributed by atoms with Gasteiger partial charge in [-0.15, -0.1) is 0 Å². The molecule has 0 aliphatic heterocycles. The van der Waals surface area contributed by atoms with Gasteiger partial charge in [0.25, 0.3) is 0 Å². The lowest BCUT2D eigenvalue weighted by Crippen LogP contribution is -2.31. The van der Waals surface area contributed by atoms with E-state index in [-0.39, 0.29) is 12.4 Å². The van der Waals surface area contributed by atoms with Gasteiger partial charge in [-0.2, -0.15) is 0 Å². The molecule has 0 aromatic heterocycles. The molecule has 0 saturated heterocycles. The zero-order valence-electron chi connectivity index (χ0n) is 8.57. The van der Waals surface area contributed by atoms with Crippen LogP contribution in [0, 0.1) is 11.8 Å². The van der Waals surface area contributed by atoms with E-state index < -0.39 is 10.0 Å². The summed E-state index contributed by atoms with van der Waals surface area (Å²) in [5.74, 6) is 1.19. The van der Waals surface area contributed by atoms with Gasteiger partial charge < -0.3 is 5.11 Å². The molecule has 0 aromatic carbocycles. The van der Waals surface area contributed by atoms with E-state index >= 15 is 0 Å². The molecule has 14 heavy (non-hydrogen) atoms. The molecule has 1 rings (SSSR count). The molecule has 1 aliphatic carbocycles. The zero-order valence-corrected chi connectivity index (χ0v) is 9.39. The number of hydrogen-bond donors (Lipinski definition) is 2. The molecule has 1 atom stereocenters. The van der Waals surface area contributed by atoms with Crippen molar-refractivity contribution in [1.82, 2.24) is 4.72 Å². The summed E-state index contributed by atoms with van der Waals surface area (Å²) in [5.41, 5.74) is 0. The normalized spacial score (nSPS) is 19.6. The van der Waals surface area contributed by atoms with Crippen LogP contribution >= 0.6 is 0 Å². The summed E-state index contributed by atoms with van der Waals surface area (Å²) in [5, 5.41) is 8.51. The van der Waals surface area contributed by atoms with Crippen molar-refractivity contribution in [3.63, 3.8) is 0 Å². The van der Waals surface area contributed by atoms with Crippen molar-refractivity contribution < 1.29 is 13.5 Å². The average Bonchev–Trinajstić information content (AvgIpc) is 2.94. The number of rotatable bonds is 7. The molecule has 1 saturated carbocycles. The predicted octanol–water partition coefficient (Wildman–Crippen LogP) is 0.334. The SMILES string of the molecule is CC(CNS(=O)(=O)CCCO)C1CC1. The van der Waals surface area contributed by atoms with E-state index in [4.69, 9.17) is 5.11 Å². The van der Waals surface area contributed by atoms with Gasteiger partial charge in [0, 0.05) is 13.2 Å². The number of aliphatic hydroxyl groups excluding tert-OH is 1. The van der Waals surface area contributed by atoms with E-state index in [2.05, 4.69) is 11.6 Å². The van der Waals surface area contributed by atoms with Crippen molar-refractivity contribution >= 4 is 10.0 Å². The molecule has 2 N–H and O–H groups in total. The zero-order chi connectivity index (χ0) is 10.6. The largest absolute Gasteiger partial charge is 0.396 e. The van der Waals surface area contributed by atoms with E-state index in [1.54, 1.807) is 0 Å². The lowest BCUT2D eigenvalue weighted by Gasteiger charge is -2.11. The third-order valence-corrected chi connectivity index (χ3v) is 4.06. The summed E-state index contributed by atoms with van der Waals surface area (Å²) < 4.78 is 25.2. The molecule has 1 fully saturated rings. The second-order valence-electron chi connectivity index (χ2n) is 4.06. The minimum atomic E-state index is -3.15. The molecular weight excluding hydrogens is 202 g/mol. The highest BCUT2D eigenvalue weighted by molar-refractivity contribution is 7.89. The second-order valence-corrected chi connectivity index (χ2v) is 5.99. The Kier molecular flexibility index (Phi) is 4.34. The van der Waals surface area contributed by atoms with Crippen molar-refractivity contribution in [2.45, 2.75) is 26.2 Å². The van der Waals surface area contributed by atoms with Crippen molar-refractivity contribution in [2.75, 3.05) is 18.9 Å². The monoisotopic (exact) mass is 221 g/mol. The quantitative estimate of drug-likeness (QED) is 0.651. The first-order valence-electron chi connectivity index (χ1n) is 5.13. The number of hydrogen-bond acceptors (Lipinski definition) is 3. The highest BCUT2D eigenvalue weighted by Gasteiger charge is 2.28. The van der Waals surface area contributed by atoms with Crippen LogP contribution in [0.2, 0.25) is 0 Å². The Hall–Kier alpha value is -0.130. The summed E-state index contributed by atoms with van der Waals surface area (Å²) in [4.78, 5) is 0. The van der Waals surface area contributed by atoms with Crippen LogP contribution in [0.1, 0.15) is 26.2 Å². The predicted molar refractivity (Wildman–Crippen MR) is 55.4 cm³/mol. The van der Waals surface area contributed by atoms with E-state index in [0.29, 0.717) is 18.9 Å². The molecule has 84 valence electrons. The van der Waals surface area contributed by atoms with Crippen molar-refractivity contribution in [3.05, 3.63) is 0 Å². The Morgan fingerprint density at radius 3 is 2.64 bits per heavy atom. The van der Waals surface area contributed by atoms with Crippen LogP contribution in [0.5, 0.6) is 0 Å². The highest BCUT2D eigenvalue weighted by atomic mass is 32.2. The van der Waals surface area contributed by atoms with Gasteiger partial charge in [-0.25, -0.2) is 13.1 Å². The average molecular weight is 221 g/mol. The van der Waals surface area contributed by atoms with Crippen LogP contribution in [0.3, 0.4) is 0 Å². The topological polar surface area (TPSA) is 66.4 Å². The molecular formula is C9H19NO3S. The van der Waals surface area contributed by atoms with E-state index in [9.17, 15) is 8.42 Å². The molecule has 1 aliphatic rings. The maximum absolute atomic E-state index is 11.3.